The molecule has 0 saturated carbocycles. The molecule has 4 heteroatoms. The first-order valence-electron chi connectivity index (χ1n) is 6.88. The Balaban J connectivity index is 2.06. The molecule has 1 aliphatic heterocycles. The van der Waals surface area contributed by atoms with Crippen LogP contribution in [-0.2, 0) is 4.79 Å². The lowest BCUT2D eigenvalue weighted by Gasteiger charge is -2.39. The summed E-state index contributed by atoms with van der Waals surface area (Å²) >= 11 is 0. The van der Waals surface area contributed by atoms with E-state index in [9.17, 15) is 9.90 Å². The molecule has 1 saturated heterocycles. The highest BCUT2D eigenvalue weighted by Crippen LogP contribution is 2.35. The first-order chi connectivity index (χ1) is 8.83. The third kappa shape index (κ3) is 2.68. The number of carbonyl (C=O) groups is 1. The summed E-state index contributed by atoms with van der Waals surface area (Å²) < 4.78 is 5.58. The first-order valence-corrected chi connectivity index (χ1v) is 6.88. The van der Waals surface area contributed by atoms with Crippen molar-refractivity contribution in [1.82, 2.24) is 4.90 Å². The molecule has 1 fully saturated rings. The largest absolute Gasteiger partial charge is 0.481 e. The van der Waals surface area contributed by atoms with Crippen LogP contribution in [0, 0.1) is 19.3 Å². The van der Waals surface area contributed by atoms with Crippen LogP contribution in [0.2, 0.25) is 0 Å². The molecule has 1 atom stereocenters. The van der Waals surface area contributed by atoms with Gasteiger partial charge in [-0.1, -0.05) is 0 Å². The molecule has 0 amide bonds. The Labute approximate surface area is 114 Å². The van der Waals surface area contributed by atoms with E-state index in [1.807, 2.05) is 20.8 Å². The van der Waals surface area contributed by atoms with Crippen molar-refractivity contribution in [3.63, 3.8) is 0 Å². The SMILES string of the molecule is Cc1cc(C(C)N2CCC(C)(C(=O)O)CC2)c(C)o1. The Morgan fingerprint density at radius 3 is 2.42 bits per heavy atom. The van der Waals surface area contributed by atoms with Crippen molar-refractivity contribution in [3.05, 3.63) is 23.2 Å². The molecule has 106 valence electrons. The van der Waals surface area contributed by atoms with Gasteiger partial charge >= 0.3 is 5.97 Å². The average Bonchev–Trinajstić information content (AvgIpc) is 2.68. The van der Waals surface area contributed by atoms with Gasteiger partial charge in [0.2, 0.25) is 0 Å². The van der Waals surface area contributed by atoms with Crippen LogP contribution in [0.3, 0.4) is 0 Å². The zero-order chi connectivity index (χ0) is 14.2. The fraction of sp³-hybridized carbons (Fsp3) is 0.667. The Morgan fingerprint density at radius 1 is 1.42 bits per heavy atom. The molecule has 0 bridgehead atoms. The van der Waals surface area contributed by atoms with Gasteiger partial charge in [0.15, 0.2) is 0 Å². The monoisotopic (exact) mass is 265 g/mol. The van der Waals surface area contributed by atoms with Gasteiger partial charge in [-0.15, -0.1) is 0 Å². The lowest BCUT2D eigenvalue weighted by molar-refractivity contribution is -0.151. The topological polar surface area (TPSA) is 53.7 Å². The lowest BCUT2D eigenvalue weighted by Crippen LogP contribution is -2.43. The van der Waals surface area contributed by atoms with Crippen LogP contribution < -0.4 is 0 Å². The Bertz CT molecular complexity index is 470. The van der Waals surface area contributed by atoms with Gasteiger partial charge in [0.1, 0.15) is 11.5 Å². The Morgan fingerprint density at radius 2 is 2.00 bits per heavy atom. The van der Waals surface area contributed by atoms with Crippen molar-refractivity contribution in [2.45, 2.75) is 46.6 Å². The molecular weight excluding hydrogens is 242 g/mol. The summed E-state index contributed by atoms with van der Waals surface area (Å²) in [6.45, 7) is 9.62. The third-order valence-electron chi connectivity index (χ3n) is 4.50. The van der Waals surface area contributed by atoms with Gasteiger partial charge in [-0.2, -0.15) is 0 Å². The second-order valence-corrected chi connectivity index (χ2v) is 5.95. The number of hydrogen-bond donors (Lipinski definition) is 1. The third-order valence-corrected chi connectivity index (χ3v) is 4.50. The number of carboxylic acids is 1. The van der Waals surface area contributed by atoms with Gasteiger partial charge in [-0.3, -0.25) is 9.69 Å². The highest BCUT2D eigenvalue weighted by molar-refractivity contribution is 5.74. The van der Waals surface area contributed by atoms with E-state index in [0.717, 1.165) is 24.6 Å². The summed E-state index contributed by atoms with van der Waals surface area (Å²) in [5.41, 5.74) is 0.661. The second kappa shape index (κ2) is 5.00. The summed E-state index contributed by atoms with van der Waals surface area (Å²) in [5, 5.41) is 9.25. The summed E-state index contributed by atoms with van der Waals surface area (Å²) in [7, 11) is 0. The van der Waals surface area contributed by atoms with Crippen molar-refractivity contribution in [1.29, 1.82) is 0 Å². The van der Waals surface area contributed by atoms with Crippen LogP contribution in [0.4, 0.5) is 0 Å². The zero-order valence-corrected chi connectivity index (χ0v) is 12.2. The number of furan rings is 1. The van der Waals surface area contributed by atoms with E-state index >= 15 is 0 Å². The van der Waals surface area contributed by atoms with Gasteiger partial charge in [0, 0.05) is 11.6 Å². The van der Waals surface area contributed by atoms with Gasteiger partial charge < -0.3 is 9.52 Å². The lowest BCUT2D eigenvalue weighted by atomic mass is 9.80. The van der Waals surface area contributed by atoms with E-state index in [-0.39, 0.29) is 6.04 Å². The van der Waals surface area contributed by atoms with Gasteiger partial charge in [-0.25, -0.2) is 0 Å². The molecule has 0 radical (unpaired) electrons. The van der Waals surface area contributed by atoms with E-state index in [1.165, 1.54) is 5.56 Å². The number of carboxylic acid groups (broad SMARTS) is 1. The molecule has 0 aromatic carbocycles. The van der Waals surface area contributed by atoms with Crippen molar-refractivity contribution in [3.8, 4) is 0 Å². The maximum atomic E-state index is 11.2. The Hall–Kier alpha value is -1.29. The quantitative estimate of drug-likeness (QED) is 0.912. The fourth-order valence-electron chi connectivity index (χ4n) is 2.88. The van der Waals surface area contributed by atoms with Crippen molar-refractivity contribution in [2.24, 2.45) is 5.41 Å². The summed E-state index contributed by atoms with van der Waals surface area (Å²) in [6.07, 6.45) is 1.42. The average molecular weight is 265 g/mol. The van der Waals surface area contributed by atoms with Gasteiger partial charge in [0.25, 0.3) is 0 Å². The smallest absolute Gasteiger partial charge is 0.309 e. The molecular formula is C15H23NO3. The molecule has 1 aromatic heterocycles. The van der Waals surface area contributed by atoms with Crippen molar-refractivity contribution in [2.75, 3.05) is 13.1 Å². The predicted molar refractivity (Wildman–Crippen MR) is 73.1 cm³/mol. The number of likely N-dealkylation sites (tertiary alicyclic amines) is 1. The minimum atomic E-state index is -0.671. The molecule has 1 unspecified atom stereocenters. The van der Waals surface area contributed by atoms with Crippen molar-refractivity contribution >= 4 is 5.97 Å². The number of piperidine rings is 1. The highest BCUT2D eigenvalue weighted by atomic mass is 16.4. The molecule has 1 aliphatic rings. The maximum absolute atomic E-state index is 11.2. The van der Waals surface area contributed by atoms with E-state index in [2.05, 4.69) is 17.9 Å². The molecule has 2 rings (SSSR count). The first kappa shape index (κ1) is 14.1. The van der Waals surface area contributed by atoms with E-state index < -0.39 is 11.4 Å². The van der Waals surface area contributed by atoms with E-state index in [1.54, 1.807) is 0 Å². The highest BCUT2D eigenvalue weighted by Gasteiger charge is 2.38. The molecule has 1 aromatic rings. The maximum Gasteiger partial charge on any atom is 0.309 e. The van der Waals surface area contributed by atoms with Crippen LogP contribution in [0.25, 0.3) is 0 Å². The minimum Gasteiger partial charge on any atom is -0.481 e. The van der Waals surface area contributed by atoms with Crippen LogP contribution in [0.5, 0.6) is 0 Å². The summed E-state index contributed by atoms with van der Waals surface area (Å²) in [6, 6.07) is 2.38. The van der Waals surface area contributed by atoms with E-state index in [4.69, 9.17) is 4.42 Å². The number of nitrogens with zero attached hydrogens (tertiary/aromatic N) is 1. The number of aliphatic carboxylic acids is 1. The number of rotatable bonds is 3. The van der Waals surface area contributed by atoms with Gasteiger partial charge in [0.05, 0.1) is 5.41 Å². The molecule has 4 nitrogen and oxygen atoms in total. The van der Waals surface area contributed by atoms with Crippen LogP contribution in [0.1, 0.15) is 49.8 Å². The normalized spacial score (nSPS) is 21.3. The van der Waals surface area contributed by atoms with Crippen molar-refractivity contribution < 1.29 is 14.3 Å². The number of hydrogen-bond acceptors (Lipinski definition) is 3. The van der Waals surface area contributed by atoms with Crippen LogP contribution >= 0.6 is 0 Å². The summed E-state index contributed by atoms with van der Waals surface area (Å²) in [5.74, 6) is 1.23. The Kier molecular flexibility index (Phi) is 3.72. The molecule has 0 aliphatic carbocycles. The number of aryl methyl sites for hydroxylation is 2. The van der Waals surface area contributed by atoms with E-state index in [0.29, 0.717) is 12.8 Å². The minimum absolute atomic E-state index is 0.288. The van der Waals surface area contributed by atoms with Gasteiger partial charge in [-0.05, 0) is 59.7 Å². The zero-order valence-electron chi connectivity index (χ0n) is 12.2. The van der Waals surface area contributed by atoms with Crippen LogP contribution in [0.15, 0.2) is 10.5 Å². The molecule has 2 heterocycles. The molecule has 19 heavy (non-hydrogen) atoms. The fourth-order valence-corrected chi connectivity index (χ4v) is 2.88. The molecule has 0 spiro atoms. The standard InChI is InChI=1S/C15H23NO3/c1-10-9-13(12(3)19-10)11(2)16-7-5-15(4,6-8-16)14(17)18/h9,11H,5-8H2,1-4H3,(H,17,18). The summed E-state index contributed by atoms with van der Waals surface area (Å²) in [4.78, 5) is 13.6. The van der Waals surface area contributed by atoms with Crippen LogP contribution in [-0.4, -0.2) is 29.1 Å². The second-order valence-electron chi connectivity index (χ2n) is 5.95. The predicted octanol–water partition coefficient (Wildman–Crippen LogP) is 3.14. The molecule has 1 N–H and O–H groups in total.